The number of hydrogen-bond donors (Lipinski definition) is 2. The largest absolute Gasteiger partial charge is 0.493 e. The number of amides is 1. The number of anilines is 1. The van der Waals surface area contributed by atoms with Gasteiger partial charge in [-0.3, -0.25) is 14.5 Å². The van der Waals surface area contributed by atoms with Gasteiger partial charge in [0.15, 0.2) is 11.5 Å². The Morgan fingerprint density at radius 2 is 1.86 bits per heavy atom. The Kier molecular flexibility index (Phi) is 7.18. The van der Waals surface area contributed by atoms with Crippen molar-refractivity contribution in [3.63, 3.8) is 0 Å². The highest BCUT2D eigenvalue weighted by Gasteiger charge is 2.14. The molecule has 0 fully saturated rings. The number of carbonyl (C=O) groups is 2. The van der Waals surface area contributed by atoms with Gasteiger partial charge in [0, 0.05) is 11.8 Å². The normalized spacial score (nSPS) is 10.4. The topological polar surface area (TPSA) is 88.1 Å². The van der Waals surface area contributed by atoms with Crippen LogP contribution in [0.4, 0.5) is 5.69 Å². The fourth-order valence-corrected chi connectivity index (χ4v) is 2.04. The van der Waals surface area contributed by atoms with Gasteiger partial charge < -0.3 is 19.9 Å². The number of nitrogens with zero attached hydrogens (tertiary/aromatic N) is 1. The Balaban J connectivity index is 2.68. The fraction of sp³-hybridized carbons (Fsp3) is 0.467. The summed E-state index contributed by atoms with van der Waals surface area (Å²) in [6.07, 6.45) is 0.775. The zero-order valence-corrected chi connectivity index (χ0v) is 13.1. The average molecular weight is 310 g/mol. The number of methoxy groups -OCH3 is 2. The maximum atomic E-state index is 12.0. The zero-order valence-electron chi connectivity index (χ0n) is 13.1. The second-order valence-electron chi connectivity index (χ2n) is 4.72. The number of benzene rings is 1. The summed E-state index contributed by atoms with van der Waals surface area (Å²) in [5, 5.41) is 11.6. The Hall–Kier alpha value is -2.28. The smallest absolute Gasteiger partial charge is 0.317 e. The molecule has 0 radical (unpaired) electrons. The third-order valence-corrected chi connectivity index (χ3v) is 2.93. The van der Waals surface area contributed by atoms with Gasteiger partial charge in [-0.1, -0.05) is 6.92 Å². The van der Waals surface area contributed by atoms with Crippen molar-refractivity contribution in [3.8, 4) is 11.5 Å². The van der Waals surface area contributed by atoms with Crippen LogP contribution in [-0.4, -0.2) is 55.7 Å². The summed E-state index contributed by atoms with van der Waals surface area (Å²) in [6, 6.07) is 5.04. The van der Waals surface area contributed by atoms with Crippen molar-refractivity contribution in [2.24, 2.45) is 0 Å². The standard InChI is InChI=1S/C15H22N2O5/c1-4-7-17(10-15(19)20)9-14(18)16-11-5-6-12(21-2)13(8-11)22-3/h5-6,8H,4,7,9-10H2,1-3H3,(H,16,18)(H,19,20). The van der Waals surface area contributed by atoms with Crippen LogP contribution in [0.25, 0.3) is 0 Å². The van der Waals surface area contributed by atoms with E-state index in [4.69, 9.17) is 14.6 Å². The molecule has 0 saturated carbocycles. The molecule has 7 heteroatoms. The van der Waals surface area contributed by atoms with Gasteiger partial charge in [0.25, 0.3) is 0 Å². The van der Waals surface area contributed by atoms with Gasteiger partial charge >= 0.3 is 5.97 Å². The highest BCUT2D eigenvalue weighted by atomic mass is 16.5. The van der Waals surface area contributed by atoms with Gasteiger partial charge in [-0.05, 0) is 25.1 Å². The van der Waals surface area contributed by atoms with E-state index in [1.54, 1.807) is 23.1 Å². The molecular weight excluding hydrogens is 288 g/mol. The van der Waals surface area contributed by atoms with E-state index in [9.17, 15) is 9.59 Å². The minimum Gasteiger partial charge on any atom is -0.493 e. The summed E-state index contributed by atoms with van der Waals surface area (Å²) >= 11 is 0. The predicted molar refractivity (Wildman–Crippen MR) is 82.5 cm³/mol. The lowest BCUT2D eigenvalue weighted by Crippen LogP contribution is -2.37. The molecule has 1 rings (SSSR count). The lowest BCUT2D eigenvalue weighted by Gasteiger charge is -2.19. The molecule has 0 aliphatic heterocycles. The van der Waals surface area contributed by atoms with Crippen LogP contribution < -0.4 is 14.8 Å². The number of ether oxygens (including phenoxy) is 2. The van der Waals surface area contributed by atoms with Gasteiger partial charge in [-0.2, -0.15) is 0 Å². The van der Waals surface area contributed by atoms with Crippen LogP contribution in [0, 0.1) is 0 Å². The molecule has 0 saturated heterocycles. The van der Waals surface area contributed by atoms with Crippen LogP contribution in [0.3, 0.4) is 0 Å². The average Bonchev–Trinajstić information content (AvgIpc) is 2.46. The number of carboxylic acids is 1. The van der Waals surface area contributed by atoms with E-state index in [1.807, 2.05) is 6.92 Å². The Morgan fingerprint density at radius 3 is 2.41 bits per heavy atom. The minimum absolute atomic E-state index is 0.0223. The molecule has 0 aromatic heterocycles. The van der Waals surface area contributed by atoms with E-state index in [0.29, 0.717) is 23.7 Å². The second kappa shape index (κ2) is 8.89. The Morgan fingerprint density at radius 1 is 1.18 bits per heavy atom. The Labute approximate surface area is 129 Å². The van der Waals surface area contributed by atoms with E-state index < -0.39 is 5.97 Å². The zero-order chi connectivity index (χ0) is 16.5. The quantitative estimate of drug-likeness (QED) is 0.717. The molecule has 1 amide bonds. The Bertz CT molecular complexity index is 519. The van der Waals surface area contributed by atoms with Crippen molar-refractivity contribution in [1.29, 1.82) is 0 Å². The van der Waals surface area contributed by atoms with Gasteiger partial charge in [0.2, 0.25) is 5.91 Å². The lowest BCUT2D eigenvalue weighted by atomic mass is 10.2. The highest BCUT2D eigenvalue weighted by Crippen LogP contribution is 2.29. The first-order valence-electron chi connectivity index (χ1n) is 6.96. The molecule has 0 unspecified atom stereocenters. The first-order valence-corrected chi connectivity index (χ1v) is 6.96. The molecule has 7 nitrogen and oxygen atoms in total. The number of aliphatic carboxylic acids is 1. The van der Waals surface area contributed by atoms with E-state index in [-0.39, 0.29) is 19.0 Å². The molecule has 0 spiro atoms. The molecule has 0 heterocycles. The van der Waals surface area contributed by atoms with Crippen LogP contribution in [0.5, 0.6) is 11.5 Å². The van der Waals surface area contributed by atoms with Crippen molar-refractivity contribution in [3.05, 3.63) is 18.2 Å². The first kappa shape index (κ1) is 17.8. The number of carboxylic acid groups (broad SMARTS) is 1. The fourth-order valence-electron chi connectivity index (χ4n) is 2.04. The number of nitrogens with one attached hydrogen (secondary N) is 1. The van der Waals surface area contributed by atoms with Crippen LogP contribution in [0.2, 0.25) is 0 Å². The van der Waals surface area contributed by atoms with Crippen LogP contribution in [0.15, 0.2) is 18.2 Å². The molecule has 122 valence electrons. The molecule has 0 aliphatic rings. The van der Waals surface area contributed by atoms with Gasteiger partial charge in [0.05, 0.1) is 27.3 Å². The maximum Gasteiger partial charge on any atom is 0.317 e. The summed E-state index contributed by atoms with van der Waals surface area (Å²) < 4.78 is 10.3. The van der Waals surface area contributed by atoms with Crippen molar-refractivity contribution in [2.45, 2.75) is 13.3 Å². The number of hydrogen-bond acceptors (Lipinski definition) is 5. The number of carbonyl (C=O) groups excluding carboxylic acids is 1. The summed E-state index contributed by atoms with van der Waals surface area (Å²) in [6.45, 7) is 2.34. The summed E-state index contributed by atoms with van der Waals surface area (Å²) in [4.78, 5) is 24.4. The summed E-state index contributed by atoms with van der Waals surface area (Å²) in [7, 11) is 3.05. The first-order chi connectivity index (χ1) is 10.5. The van der Waals surface area contributed by atoms with Crippen molar-refractivity contribution < 1.29 is 24.2 Å². The van der Waals surface area contributed by atoms with E-state index in [1.165, 1.54) is 14.2 Å². The SMILES string of the molecule is CCCN(CC(=O)O)CC(=O)Nc1ccc(OC)c(OC)c1. The van der Waals surface area contributed by atoms with Crippen LogP contribution in [0.1, 0.15) is 13.3 Å². The lowest BCUT2D eigenvalue weighted by molar-refractivity contribution is -0.138. The third kappa shape index (κ3) is 5.61. The van der Waals surface area contributed by atoms with Gasteiger partial charge in [-0.25, -0.2) is 0 Å². The van der Waals surface area contributed by atoms with E-state index in [0.717, 1.165) is 6.42 Å². The van der Waals surface area contributed by atoms with Crippen molar-refractivity contribution in [1.82, 2.24) is 4.90 Å². The summed E-state index contributed by atoms with van der Waals surface area (Å²) in [5.74, 6) is -0.149. The second-order valence-corrected chi connectivity index (χ2v) is 4.72. The molecule has 1 aromatic carbocycles. The monoisotopic (exact) mass is 310 g/mol. The molecule has 1 aromatic rings. The highest BCUT2D eigenvalue weighted by molar-refractivity contribution is 5.92. The van der Waals surface area contributed by atoms with Crippen LogP contribution >= 0.6 is 0 Å². The van der Waals surface area contributed by atoms with E-state index in [2.05, 4.69) is 5.32 Å². The number of rotatable bonds is 9. The van der Waals surface area contributed by atoms with Gasteiger partial charge in [0.1, 0.15) is 0 Å². The molecule has 0 aliphatic carbocycles. The molecule has 2 N–H and O–H groups in total. The minimum atomic E-state index is -0.952. The van der Waals surface area contributed by atoms with Crippen molar-refractivity contribution >= 4 is 17.6 Å². The van der Waals surface area contributed by atoms with Crippen LogP contribution in [-0.2, 0) is 9.59 Å². The molecule has 0 atom stereocenters. The van der Waals surface area contributed by atoms with Crippen molar-refractivity contribution in [2.75, 3.05) is 39.2 Å². The van der Waals surface area contributed by atoms with Gasteiger partial charge in [-0.15, -0.1) is 0 Å². The maximum absolute atomic E-state index is 12.0. The molecule has 22 heavy (non-hydrogen) atoms. The summed E-state index contributed by atoms with van der Waals surface area (Å²) in [5.41, 5.74) is 0.564. The van der Waals surface area contributed by atoms with E-state index >= 15 is 0 Å². The molecule has 0 bridgehead atoms. The third-order valence-electron chi connectivity index (χ3n) is 2.93. The predicted octanol–water partition coefficient (Wildman–Crippen LogP) is 1.44. The molecular formula is C15H22N2O5.